The number of benzene rings is 1. The first-order valence-corrected chi connectivity index (χ1v) is 11.1. The number of rotatable bonds is 5. The van der Waals surface area contributed by atoms with E-state index < -0.39 is 8.32 Å². The zero-order valence-electron chi connectivity index (χ0n) is 13.5. The highest BCUT2D eigenvalue weighted by Crippen LogP contribution is 2.24. The maximum Gasteiger partial charge on any atom is 0.410 e. The molecule has 2 atom stereocenters. The van der Waals surface area contributed by atoms with Crippen molar-refractivity contribution in [2.24, 2.45) is 0 Å². The van der Waals surface area contributed by atoms with Crippen molar-refractivity contribution in [3.05, 3.63) is 35.9 Å². The minimum Gasteiger partial charge on any atom is -0.445 e. The van der Waals surface area contributed by atoms with Gasteiger partial charge in [-0.05, 0) is 31.6 Å². The molecule has 22 heavy (non-hydrogen) atoms. The van der Waals surface area contributed by atoms with Crippen molar-refractivity contribution in [2.75, 3.05) is 13.2 Å². The lowest BCUT2D eigenvalue weighted by atomic mass is 10.2. The molecule has 0 bridgehead atoms. The van der Waals surface area contributed by atoms with Gasteiger partial charge in [0.2, 0.25) is 0 Å². The van der Waals surface area contributed by atoms with E-state index in [0.29, 0.717) is 13.0 Å². The monoisotopic (exact) mass is 323 g/mol. The van der Waals surface area contributed by atoms with Crippen molar-refractivity contribution in [3.8, 4) is 0 Å². The van der Waals surface area contributed by atoms with Crippen molar-refractivity contribution in [1.82, 2.24) is 4.90 Å². The third kappa shape index (κ3) is 4.83. The second kappa shape index (κ2) is 7.26. The quantitative estimate of drug-likeness (QED) is 0.846. The highest BCUT2D eigenvalue weighted by atomic mass is 28.4. The fourth-order valence-electron chi connectivity index (χ4n) is 2.66. The van der Waals surface area contributed by atoms with E-state index in [1.54, 1.807) is 4.90 Å². The van der Waals surface area contributed by atoms with Gasteiger partial charge >= 0.3 is 6.09 Å². The van der Waals surface area contributed by atoms with Crippen molar-refractivity contribution in [2.45, 2.75) is 44.8 Å². The summed E-state index contributed by atoms with van der Waals surface area (Å²) in [5.41, 5.74) is 0.950. The summed E-state index contributed by atoms with van der Waals surface area (Å²) >= 11 is 0. The Kier molecular flexibility index (Phi) is 5.61. The lowest BCUT2D eigenvalue weighted by Gasteiger charge is -2.23. The predicted molar refractivity (Wildman–Crippen MR) is 87.0 cm³/mol. The highest BCUT2D eigenvalue weighted by Gasteiger charge is 2.38. The molecule has 1 amide bonds. The van der Waals surface area contributed by atoms with Crippen molar-refractivity contribution in [1.29, 1.82) is 0 Å². The fourth-order valence-corrected chi connectivity index (χ4v) is 3.83. The summed E-state index contributed by atoms with van der Waals surface area (Å²) in [4.78, 5) is 13.8. The predicted octanol–water partition coefficient (Wildman–Crippen LogP) is 2.61. The van der Waals surface area contributed by atoms with Gasteiger partial charge < -0.3 is 19.2 Å². The molecule has 0 aromatic heterocycles. The molecule has 1 N–H and O–H groups in total. The Morgan fingerprint density at radius 3 is 2.59 bits per heavy atom. The first kappa shape index (κ1) is 17.0. The number of aliphatic hydroxyl groups is 1. The Morgan fingerprint density at radius 2 is 2.00 bits per heavy atom. The van der Waals surface area contributed by atoms with Crippen molar-refractivity contribution in [3.63, 3.8) is 0 Å². The molecule has 5 nitrogen and oxygen atoms in total. The maximum atomic E-state index is 12.2. The van der Waals surface area contributed by atoms with E-state index in [1.165, 1.54) is 0 Å². The SMILES string of the molecule is C[Si](C)(C)OC1CC(CO)N(C(=O)OCc2ccccc2)C1. The van der Waals surface area contributed by atoms with Crippen molar-refractivity contribution >= 4 is 14.4 Å². The minimum absolute atomic E-state index is 0.00640. The molecular weight excluding hydrogens is 298 g/mol. The molecule has 0 spiro atoms. The van der Waals surface area contributed by atoms with Gasteiger partial charge in [0.15, 0.2) is 8.32 Å². The molecule has 0 saturated carbocycles. The van der Waals surface area contributed by atoms with Gasteiger partial charge in [0.25, 0.3) is 0 Å². The topological polar surface area (TPSA) is 59.0 Å². The van der Waals surface area contributed by atoms with Crippen LogP contribution >= 0.6 is 0 Å². The van der Waals surface area contributed by atoms with E-state index in [2.05, 4.69) is 19.6 Å². The van der Waals surface area contributed by atoms with Crippen LogP contribution in [0.1, 0.15) is 12.0 Å². The van der Waals surface area contributed by atoms with Crippen LogP contribution in [-0.2, 0) is 15.8 Å². The average Bonchev–Trinajstić information content (AvgIpc) is 2.86. The third-order valence-corrected chi connectivity index (χ3v) is 4.59. The molecular formula is C16H25NO4Si. The van der Waals surface area contributed by atoms with Crippen LogP contribution in [0.25, 0.3) is 0 Å². The van der Waals surface area contributed by atoms with Gasteiger partial charge in [-0.15, -0.1) is 0 Å². The van der Waals surface area contributed by atoms with E-state index in [-0.39, 0.29) is 31.5 Å². The van der Waals surface area contributed by atoms with Gasteiger partial charge in [0, 0.05) is 6.54 Å². The number of carbonyl (C=O) groups is 1. The van der Waals surface area contributed by atoms with Crippen LogP contribution in [-0.4, -0.2) is 49.7 Å². The van der Waals surface area contributed by atoms with E-state index in [9.17, 15) is 9.90 Å². The third-order valence-electron chi connectivity index (χ3n) is 3.55. The smallest absolute Gasteiger partial charge is 0.410 e. The number of likely N-dealkylation sites (tertiary alicyclic amines) is 1. The summed E-state index contributed by atoms with van der Waals surface area (Å²) in [6, 6.07) is 9.35. The molecule has 1 saturated heterocycles. The summed E-state index contributed by atoms with van der Waals surface area (Å²) in [6.07, 6.45) is 0.277. The van der Waals surface area contributed by atoms with Crippen molar-refractivity contribution < 1.29 is 19.1 Å². The Hall–Kier alpha value is -1.37. The Morgan fingerprint density at radius 1 is 1.32 bits per heavy atom. The summed E-state index contributed by atoms with van der Waals surface area (Å²) in [5.74, 6) is 0. The number of nitrogens with zero attached hydrogens (tertiary/aromatic N) is 1. The molecule has 1 fully saturated rings. The van der Waals surface area contributed by atoms with Crippen LogP contribution in [0.3, 0.4) is 0 Å². The molecule has 1 aliphatic rings. The van der Waals surface area contributed by atoms with Gasteiger partial charge in [-0.3, -0.25) is 0 Å². The number of carbonyl (C=O) groups excluding carboxylic acids is 1. The maximum absolute atomic E-state index is 12.2. The van der Waals surface area contributed by atoms with Crippen LogP contribution in [0.2, 0.25) is 19.6 Å². The number of hydrogen-bond acceptors (Lipinski definition) is 4. The zero-order chi connectivity index (χ0) is 16.2. The number of hydrogen-bond donors (Lipinski definition) is 1. The number of amides is 1. The Labute approximate surface area is 133 Å². The first-order chi connectivity index (χ1) is 10.4. The molecule has 0 radical (unpaired) electrons. The Balaban J connectivity index is 1.90. The van der Waals surface area contributed by atoms with Gasteiger partial charge in [-0.1, -0.05) is 30.3 Å². The normalized spacial score (nSPS) is 21.9. The molecule has 1 aromatic carbocycles. The van der Waals surface area contributed by atoms with Crippen LogP contribution < -0.4 is 0 Å². The Bertz CT molecular complexity index is 489. The van der Waals surface area contributed by atoms with Crippen LogP contribution in [0.5, 0.6) is 0 Å². The lowest BCUT2D eigenvalue weighted by Crippen LogP contribution is -2.39. The molecule has 1 aliphatic heterocycles. The highest BCUT2D eigenvalue weighted by molar-refractivity contribution is 6.69. The van der Waals surface area contributed by atoms with E-state index in [0.717, 1.165) is 5.56 Å². The molecule has 1 aromatic rings. The molecule has 2 rings (SSSR count). The standard InChI is InChI=1S/C16H25NO4Si/c1-22(2,3)21-15-9-14(11-18)17(10-15)16(19)20-12-13-7-5-4-6-8-13/h4-8,14-15,18H,9-12H2,1-3H3. The van der Waals surface area contributed by atoms with Gasteiger partial charge in [-0.25, -0.2) is 4.79 Å². The number of aliphatic hydroxyl groups excluding tert-OH is 1. The van der Waals surface area contributed by atoms with Crippen LogP contribution in [0.4, 0.5) is 4.79 Å². The second-order valence-electron chi connectivity index (χ2n) is 6.62. The minimum atomic E-state index is -1.66. The summed E-state index contributed by atoms with van der Waals surface area (Å²) in [5, 5.41) is 9.49. The summed E-state index contributed by atoms with van der Waals surface area (Å²) in [7, 11) is -1.66. The van der Waals surface area contributed by atoms with Gasteiger partial charge in [0.05, 0.1) is 18.8 Å². The molecule has 122 valence electrons. The second-order valence-corrected chi connectivity index (χ2v) is 11.1. The lowest BCUT2D eigenvalue weighted by molar-refractivity contribution is 0.0777. The fraction of sp³-hybridized carbons (Fsp3) is 0.562. The molecule has 6 heteroatoms. The molecule has 1 heterocycles. The summed E-state index contributed by atoms with van der Waals surface area (Å²) in [6.45, 7) is 7.04. The van der Waals surface area contributed by atoms with Crippen LogP contribution in [0.15, 0.2) is 30.3 Å². The van der Waals surface area contributed by atoms with Crippen LogP contribution in [0, 0.1) is 0 Å². The van der Waals surface area contributed by atoms with Gasteiger partial charge in [0.1, 0.15) is 6.61 Å². The van der Waals surface area contributed by atoms with E-state index in [1.807, 2.05) is 30.3 Å². The average molecular weight is 323 g/mol. The number of ether oxygens (including phenoxy) is 1. The van der Waals surface area contributed by atoms with E-state index in [4.69, 9.17) is 9.16 Å². The zero-order valence-corrected chi connectivity index (χ0v) is 14.5. The summed E-state index contributed by atoms with van der Waals surface area (Å²) < 4.78 is 11.4. The van der Waals surface area contributed by atoms with E-state index >= 15 is 0 Å². The molecule has 2 unspecified atom stereocenters. The molecule has 0 aliphatic carbocycles. The first-order valence-electron chi connectivity index (χ1n) is 7.65. The van der Waals surface area contributed by atoms with Gasteiger partial charge in [-0.2, -0.15) is 0 Å². The largest absolute Gasteiger partial charge is 0.445 e.